The Bertz CT molecular complexity index is 1120. The molecule has 32 heavy (non-hydrogen) atoms. The lowest BCUT2D eigenvalue weighted by Gasteiger charge is -2.37. The summed E-state index contributed by atoms with van der Waals surface area (Å²) in [7, 11) is 1.63. The van der Waals surface area contributed by atoms with Crippen LogP contribution in [0.4, 0.5) is 0 Å². The molecule has 164 valence electrons. The molecule has 3 heterocycles. The van der Waals surface area contributed by atoms with E-state index in [4.69, 9.17) is 4.74 Å². The molecular weight excluding hydrogens is 404 g/mol. The van der Waals surface area contributed by atoms with Crippen LogP contribution >= 0.6 is 0 Å². The molecule has 1 fully saturated rings. The summed E-state index contributed by atoms with van der Waals surface area (Å²) in [5.41, 5.74) is 2.18. The monoisotopic (exact) mass is 430 g/mol. The summed E-state index contributed by atoms with van der Waals surface area (Å²) in [6.07, 6.45) is 7.08. The Labute approximate surface area is 187 Å². The van der Waals surface area contributed by atoms with Crippen LogP contribution in [-0.2, 0) is 23.3 Å². The van der Waals surface area contributed by atoms with Crippen molar-refractivity contribution in [2.75, 3.05) is 13.7 Å². The van der Waals surface area contributed by atoms with Crippen molar-refractivity contribution in [1.82, 2.24) is 19.8 Å². The molecule has 0 bridgehead atoms. The van der Waals surface area contributed by atoms with Gasteiger partial charge in [0, 0.05) is 38.2 Å². The van der Waals surface area contributed by atoms with Gasteiger partial charge in [-0.05, 0) is 54.3 Å². The molecule has 7 nitrogen and oxygen atoms in total. The molecule has 2 aromatic heterocycles. The molecule has 2 amide bonds. The molecule has 0 spiro atoms. The van der Waals surface area contributed by atoms with Gasteiger partial charge in [0.25, 0.3) is 5.91 Å². The average Bonchev–Trinajstić information content (AvgIpc) is 3.51. The van der Waals surface area contributed by atoms with Crippen molar-refractivity contribution in [3.8, 4) is 5.75 Å². The van der Waals surface area contributed by atoms with Gasteiger partial charge in [0.2, 0.25) is 5.91 Å². The van der Waals surface area contributed by atoms with Crippen LogP contribution in [0.25, 0.3) is 0 Å². The highest BCUT2D eigenvalue weighted by atomic mass is 16.5. The van der Waals surface area contributed by atoms with Gasteiger partial charge in [0.05, 0.1) is 18.6 Å². The first-order valence-corrected chi connectivity index (χ1v) is 10.9. The van der Waals surface area contributed by atoms with E-state index in [1.165, 1.54) is 0 Å². The first-order valence-electron chi connectivity index (χ1n) is 10.9. The molecule has 0 radical (unpaired) electrons. The minimum absolute atomic E-state index is 0.0229. The van der Waals surface area contributed by atoms with Crippen molar-refractivity contribution < 1.29 is 14.3 Å². The second kappa shape index (κ2) is 8.15. The summed E-state index contributed by atoms with van der Waals surface area (Å²) >= 11 is 0. The van der Waals surface area contributed by atoms with Crippen LogP contribution in [0.15, 0.2) is 67.1 Å². The third-order valence-electron chi connectivity index (χ3n) is 6.56. The van der Waals surface area contributed by atoms with Crippen molar-refractivity contribution in [2.45, 2.75) is 37.4 Å². The second-order valence-corrected chi connectivity index (χ2v) is 8.51. The van der Waals surface area contributed by atoms with Crippen LogP contribution in [-0.4, -0.2) is 46.0 Å². The number of ether oxygens (including phenoxy) is 1. The number of hydrogen-bond donors (Lipinski definition) is 1. The SMILES string of the molecule is COc1ccc(C2(C(=O)NCC3Cn4cccc4C(=O)N3Cc3cccnc3)CC2)cc1. The Morgan fingerprint density at radius 2 is 2.00 bits per heavy atom. The zero-order valence-electron chi connectivity index (χ0n) is 18.0. The Balaban J connectivity index is 1.32. The predicted octanol–water partition coefficient (Wildman–Crippen LogP) is 2.76. The zero-order valence-corrected chi connectivity index (χ0v) is 18.0. The summed E-state index contributed by atoms with van der Waals surface area (Å²) in [6, 6.07) is 15.2. The van der Waals surface area contributed by atoms with Gasteiger partial charge in [-0.3, -0.25) is 14.6 Å². The maximum atomic E-state index is 13.2. The lowest BCUT2D eigenvalue weighted by Crippen LogP contribution is -2.53. The van der Waals surface area contributed by atoms with E-state index >= 15 is 0 Å². The van der Waals surface area contributed by atoms with Crippen LogP contribution in [0, 0.1) is 0 Å². The number of pyridine rings is 1. The van der Waals surface area contributed by atoms with Crippen LogP contribution in [0.2, 0.25) is 0 Å². The number of carbonyl (C=O) groups excluding carboxylic acids is 2. The van der Waals surface area contributed by atoms with Gasteiger partial charge in [0.1, 0.15) is 11.4 Å². The van der Waals surface area contributed by atoms with Gasteiger partial charge in [0.15, 0.2) is 0 Å². The van der Waals surface area contributed by atoms with Crippen molar-refractivity contribution in [2.24, 2.45) is 0 Å². The molecule has 1 saturated carbocycles. The first-order chi connectivity index (χ1) is 15.6. The molecule has 0 saturated heterocycles. The number of fused-ring (bicyclic) bond motifs is 1. The minimum Gasteiger partial charge on any atom is -0.497 e. The Kier molecular flexibility index (Phi) is 5.17. The van der Waals surface area contributed by atoms with Crippen LogP contribution < -0.4 is 10.1 Å². The van der Waals surface area contributed by atoms with Gasteiger partial charge < -0.3 is 19.5 Å². The van der Waals surface area contributed by atoms with Gasteiger partial charge in [-0.25, -0.2) is 0 Å². The molecule has 1 atom stereocenters. The standard InChI is InChI=1S/C25H26N4O3/c1-32-21-8-6-19(7-9-21)25(10-11-25)24(31)27-15-20-17-28-13-3-5-22(28)23(30)29(20)16-18-4-2-12-26-14-18/h2-9,12-14,20H,10-11,15-17H2,1H3,(H,27,31). The Morgan fingerprint density at radius 3 is 2.69 bits per heavy atom. The topological polar surface area (TPSA) is 76.5 Å². The number of benzene rings is 1. The summed E-state index contributed by atoms with van der Waals surface area (Å²) < 4.78 is 7.21. The quantitative estimate of drug-likeness (QED) is 0.625. The van der Waals surface area contributed by atoms with Gasteiger partial charge in [-0.2, -0.15) is 0 Å². The minimum atomic E-state index is -0.474. The first kappa shape index (κ1) is 20.3. The highest BCUT2D eigenvalue weighted by molar-refractivity contribution is 5.94. The Morgan fingerprint density at radius 1 is 1.19 bits per heavy atom. The number of nitrogens with zero attached hydrogens (tertiary/aromatic N) is 3. The van der Waals surface area contributed by atoms with E-state index in [9.17, 15) is 9.59 Å². The van der Waals surface area contributed by atoms with E-state index in [1.54, 1.807) is 19.5 Å². The highest BCUT2D eigenvalue weighted by Crippen LogP contribution is 2.48. The fourth-order valence-electron chi connectivity index (χ4n) is 4.53. The van der Waals surface area contributed by atoms with E-state index in [0.717, 1.165) is 29.7 Å². The maximum absolute atomic E-state index is 13.2. The summed E-state index contributed by atoms with van der Waals surface area (Å²) in [5, 5.41) is 3.15. The molecule has 1 aliphatic heterocycles. The van der Waals surface area contributed by atoms with E-state index < -0.39 is 5.41 Å². The molecule has 3 aromatic rings. The van der Waals surface area contributed by atoms with E-state index in [2.05, 4.69) is 10.3 Å². The molecule has 1 aliphatic carbocycles. The number of rotatable bonds is 7. The van der Waals surface area contributed by atoms with E-state index in [1.807, 2.05) is 64.2 Å². The Hall–Kier alpha value is -3.61. The summed E-state index contributed by atoms with van der Waals surface area (Å²) in [6.45, 7) is 1.51. The fourth-order valence-corrected chi connectivity index (χ4v) is 4.53. The number of hydrogen-bond acceptors (Lipinski definition) is 4. The third kappa shape index (κ3) is 3.64. The third-order valence-corrected chi connectivity index (χ3v) is 6.56. The normalized spacial score (nSPS) is 18.7. The summed E-state index contributed by atoms with van der Waals surface area (Å²) in [4.78, 5) is 32.4. The molecule has 7 heteroatoms. The van der Waals surface area contributed by atoms with Crippen molar-refractivity contribution in [3.05, 3.63) is 83.9 Å². The van der Waals surface area contributed by atoms with E-state index in [-0.39, 0.29) is 17.9 Å². The van der Waals surface area contributed by atoms with E-state index in [0.29, 0.717) is 25.3 Å². The van der Waals surface area contributed by atoms with Crippen molar-refractivity contribution in [1.29, 1.82) is 0 Å². The lowest BCUT2D eigenvalue weighted by molar-refractivity contribution is -0.123. The fraction of sp³-hybridized carbons (Fsp3) is 0.320. The molecule has 1 unspecified atom stereocenters. The molecule has 5 rings (SSSR count). The number of methoxy groups -OCH3 is 1. The largest absolute Gasteiger partial charge is 0.497 e. The van der Waals surface area contributed by atoms with Crippen molar-refractivity contribution >= 4 is 11.8 Å². The van der Waals surface area contributed by atoms with Gasteiger partial charge in [-0.1, -0.05) is 18.2 Å². The van der Waals surface area contributed by atoms with Crippen molar-refractivity contribution in [3.63, 3.8) is 0 Å². The highest BCUT2D eigenvalue weighted by Gasteiger charge is 2.51. The van der Waals surface area contributed by atoms with Gasteiger partial charge >= 0.3 is 0 Å². The van der Waals surface area contributed by atoms with Gasteiger partial charge in [-0.15, -0.1) is 0 Å². The maximum Gasteiger partial charge on any atom is 0.271 e. The van der Waals surface area contributed by atoms with Crippen LogP contribution in [0.3, 0.4) is 0 Å². The van der Waals surface area contributed by atoms with Crippen LogP contribution in [0.5, 0.6) is 5.75 Å². The molecule has 1 aromatic carbocycles. The lowest BCUT2D eigenvalue weighted by atomic mass is 9.94. The molecule has 2 aliphatic rings. The number of aromatic nitrogens is 2. The zero-order chi connectivity index (χ0) is 22.1. The predicted molar refractivity (Wildman–Crippen MR) is 119 cm³/mol. The summed E-state index contributed by atoms with van der Waals surface area (Å²) in [5.74, 6) is 0.773. The molecular formula is C25H26N4O3. The number of amides is 2. The number of nitrogens with one attached hydrogen (secondary N) is 1. The smallest absolute Gasteiger partial charge is 0.271 e. The number of carbonyl (C=O) groups is 2. The average molecular weight is 431 g/mol. The molecule has 1 N–H and O–H groups in total. The van der Waals surface area contributed by atoms with Crippen LogP contribution in [0.1, 0.15) is 34.5 Å². The second-order valence-electron chi connectivity index (χ2n) is 8.51.